The molecule has 96 valence electrons. The van der Waals surface area contributed by atoms with E-state index in [4.69, 9.17) is 0 Å². The number of carbonyl (C=O) groups excluding carboxylic acids is 2. The van der Waals surface area contributed by atoms with Crippen molar-refractivity contribution in [3.05, 3.63) is 40.3 Å². The van der Waals surface area contributed by atoms with Gasteiger partial charge in [-0.05, 0) is 37.3 Å². The van der Waals surface area contributed by atoms with Crippen LogP contribution in [0, 0.1) is 5.92 Å². The molecule has 0 radical (unpaired) electrons. The minimum Gasteiger partial charge on any atom is -0.299 e. The van der Waals surface area contributed by atoms with Gasteiger partial charge >= 0.3 is 0 Å². The van der Waals surface area contributed by atoms with Crippen LogP contribution in [0.25, 0.3) is 16.2 Å². The van der Waals surface area contributed by atoms with Gasteiger partial charge < -0.3 is 0 Å². The second kappa shape index (κ2) is 4.42. The summed E-state index contributed by atoms with van der Waals surface area (Å²) in [5.74, 6) is 0.307. The van der Waals surface area contributed by atoms with E-state index in [0.29, 0.717) is 0 Å². The van der Waals surface area contributed by atoms with Crippen molar-refractivity contribution in [3.8, 4) is 0 Å². The highest BCUT2D eigenvalue weighted by Gasteiger charge is 2.21. The molecule has 0 spiro atoms. The molecule has 2 aromatic rings. The molecule has 1 heterocycles. The second-order valence-electron chi connectivity index (χ2n) is 4.99. The molecule has 1 aromatic carbocycles. The largest absolute Gasteiger partial charge is 0.299 e. The van der Waals surface area contributed by atoms with E-state index in [2.05, 4.69) is 6.08 Å². The molecule has 1 atom stereocenters. The molecule has 0 amide bonds. The maximum Gasteiger partial charge on any atom is 0.159 e. The third kappa shape index (κ3) is 2.04. The molecule has 1 aromatic heterocycles. The summed E-state index contributed by atoms with van der Waals surface area (Å²) in [6.45, 7) is 3.22. The number of benzene rings is 1. The maximum atomic E-state index is 11.5. The number of rotatable bonds is 2. The molecule has 0 aliphatic heterocycles. The quantitative estimate of drug-likeness (QED) is 0.776. The first-order chi connectivity index (χ1) is 9.06. The fraction of sp³-hybridized carbons (Fsp3) is 0.250. The molecular formula is C16H14O2S. The zero-order valence-electron chi connectivity index (χ0n) is 10.9. The normalized spacial score (nSPS) is 17.5. The number of carbonyl (C=O) groups is 2. The highest BCUT2D eigenvalue weighted by molar-refractivity contribution is 7.19. The molecule has 3 heteroatoms. The molecule has 0 fully saturated rings. The van der Waals surface area contributed by atoms with E-state index in [1.54, 1.807) is 25.2 Å². The summed E-state index contributed by atoms with van der Waals surface area (Å²) in [7, 11) is 0. The lowest BCUT2D eigenvalue weighted by Gasteiger charge is -2.13. The standard InChI is InChI=1S/C16H14O2S/c1-9(17)11-3-5-13-14-6-4-12(10(2)18)8-16(14)19-15(13)7-11/h3-7,12H,8H2,1-2H3. The lowest BCUT2D eigenvalue weighted by molar-refractivity contribution is -0.119. The van der Waals surface area contributed by atoms with Crippen LogP contribution >= 0.6 is 11.3 Å². The first-order valence-electron chi connectivity index (χ1n) is 6.31. The number of allylic oxidation sites excluding steroid dienone is 1. The summed E-state index contributed by atoms with van der Waals surface area (Å²) < 4.78 is 1.13. The maximum absolute atomic E-state index is 11.5. The number of Topliss-reactive ketones (excluding diaryl/α,β-unsaturated/α-hetero) is 2. The van der Waals surface area contributed by atoms with Gasteiger partial charge in [0.15, 0.2) is 5.78 Å². The van der Waals surface area contributed by atoms with Gasteiger partial charge in [-0.2, -0.15) is 0 Å². The van der Waals surface area contributed by atoms with Crippen molar-refractivity contribution in [3.63, 3.8) is 0 Å². The zero-order chi connectivity index (χ0) is 13.6. The number of hydrogen-bond donors (Lipinski definition) is 0. The molecular weight excluding hydrogens is 256 g/mol. The molecule has 3 rings (SSSR count). The molecule has 1 aliphatic carbocycles. The van der Waals surface area contributed by atoms with E-state index in [1.807, 2.05) is 24.3 Å². The number of ketones is 2. The van der Waals surface area contributed by atoms with E-state index in [9.17, 15) is 9.59 Å². The average molecular weight is 270 g/mol. The predicted molar refractivity (Wildman–Crippen MR) is 78.7 cm³/mol. The molecule has 0 saturated carbocycles. The summed E-state index contributed by atoms with van der Waals surface area (Å²) in [5, 5.41) is 1.18. The summed E-state index contributed by atoms with van der Waals surface area (Å²) in [6, 6.07) is 5.85. The van der Waals surface area contributed by atoms with Crippen molar-refractivity contribution in [1.82, 2.24) is 0 Å². The van der Waals surface area contributed by atoms with E-state index in [0.717, 1.165) is 16.7 Å². The van der Waals surface area contributed by atoms with Crippen molar-refractivity contribution in [2.24, 2.45) is 5.92 Å². The van der Waals surface area contributed by atoms with Crippen molar-refractivity contribution < 1.29 is 9.59 Å². The van der Waals surface area contributed by atoms with Gasteiger partial charge in [0.2, 0.25) is 0 Å². The molecule has 19 heavy (non-hydrogen) atoms. The van der Waals surface area contributed by atoms with Crippen molar-refractivity contribution >= 4 is 39.1 Å². The smallest absolute Gasteiger partial charge is 0.159 e. The summed E-state index contributed by atoms with van der Waals surface area (Å²) in [5.41, 5.74) is 1.96. The van der Waals surface area contributed by atoms with Crippen LogP contribution in [0.15, 0.2) is 24.3 Å². The molecule has 1 aliphatic rings. The first-order valence-corrected chi connectivity index (χ1v) is 7.13. The number of thiophene rings is 1. The topological polar surface area (TPSA) is 34.1 Å². The molecule has 0 bridgehead atoms. The zero-order valence-corrected chi connectivity index (χ0v) is 11.7. The Hall–Kier alpha value is -1.74. The lowest BCUT2D eigenvalue weighted by atomic mass is 9.91. The van der Waals surface area contributed by atoms with Crippen LogP contribution in [-0.4, -0.2) is 11.6 Å². The van der Waals surface area contributed by atoms with Crippen molar-refractivity contribution in [1.29, 1.82) is 0 Å². The number of hydrogen-bond acceptors (Lipinski definition) is 3. The monoisotopic (exact) mass is 270 g/mol. The molecule has 1 unspecified atom stereocenters. The molecule has 0 N–H and O–H groups in total. The fourth-order valence-corrected chi connectivity index (χ4v) is 3.77. The van der Waals surface area contributed by atoms with Gasteiger partial charge in [0, 0.05) is 21.1 Å². The fourth-order valence-electron chi connectivity index (χ4n) is 2.48. The first kappa shape index (κ1) is 12.3. The third-order valence-corrected chi connectivity index (χ3v) is 4.83. The molecule has 2 nitrogen and oxygen atoms in total. The summed E-state index contributed by atoms with van der Waals surface area (Å²) in [4.78, 5) is 24.1. The van der Waals surface area contributed by atoms with E-state index in [1.165, 1.54) is 15.8 Å². The van der Waals surface area contributed by atoms with Crippen LogP contribution in [0.4, 0.5) is 0 Å². The minimum absolute atomic E-state index is 0.00726. The van der Waals surface area contributed by atoms with Crippen LogP contribution in [0.2, 0.25) is 0 Å². The van der Waals surface area contributed by atoms with Crippen LogP contribution in [0.5, 0.6) is 0 Å². The lowest BCUT2D eigenvalue weighted by Crippen LogP contribution is -2.13. The van der Waals surface area contributed by atoms with E-state index < -0.39 is 0 Å². The van der Waals surface area contributed by atoms with Crippen LogP contribution in [0.1, 0.15) is 34.6 Å². The minimum atomic E-state index is 0.00726. The Labute approximate surface area is 115 Å². The van der Waals surface area contributed by atoms with Gasteiger partial charge in [-0.1, -0.05) is 24.3 Å². The SMILES string of the molecule is CC(=O)c1ccc2c3c(sc2c1)CC(C(C)=O)C=C3. The van der Waals surface area contributed by atoms with Crippen LogP contribution < -0.4 is 0 Å². The Morgan fingerprint density at radius 3 is 2.74 bits per heavy atom. The van der Waals surface area contributed by atoms with Gasteiger partial charge in [0.1, 0.15) is 5.78 Å². The van der Waals surface area contributed by atoms with Gasteiger partial charge in [-0.15, -0.1) is 11.3 Å². The Kier molecular flexibility index (Phi) is 2.86. The van der Waals surface area contributed by atoms with Crippen LogP contribution in [-0.2, 0) is 11.2 Å². The van der Waals surface area contributed by atoms with Gasteiger partial charge in [-0.25, -0.2) is 0 Å². The number of fused-ring (bicyclic) bond motifs is 3. The Morgan fingerprint density at radius 1 is 1.26 bits per heavy atom. The van der Waals surface area contributed by atoms with E-state index >= 15 is 0 Å². The van der Waals surface area contributed by atoms with E-state index in [-0.39, 0.29) is 17.5 Å². The van der Waals surface area contributed by atoms with Gasteiger partial charge in [0.25, 0.3) is 0 Å². The highest BCUT2D eigenvalue weighted by Crippen LogP contribution is 2.37. The van der Waals surface area contributed by atoms with Crippen molar-refractivity contribution in [2.75, 3.05) is 0 Å². The third-order valence-electron chi connectivity index (χ3n) is 3.63. The average Bonchev–Trinajstić information content (AvgIpc) is 2.74. The highest BCUT2D eigenvalue weighted by atomic mass is 32.1. The Morgan fingerprint density at radius 2 is 2.05 bits per heavy atom. The Balaban J connectivity index is 2.12. The van der Waals surface area contributed by atoms with Crippen LogP contribution in [0.3, 0.4) is 0 Å². The van der Waals surface area contributed by atoms with Gasteiger partial charge in [0.05, 0.1) is 0 Å². The summed E-state index contributed by atoms with van der Waals surface area (Å²) in [6.07, 6.45) is 4.84. The summed E-state index contributed by atoms with van der Waals surface area (Å²) >= 11 is 1.70. The molecule has 0 saturated heterocycles. The second-order valence-corrected chi connectivity index (χ2v) is 6.12. The predicted octanol–water partition coefficient (Wildman–Crippen LogP) is 3.88. The van der Waals surface area contributed by atoms with Crippen molar-refractivity contribution in [2.45, 2.75) is 20.3 Å². The Bertz CT molecular complexity index is 722. The van der Waals surface area contributed by atoms with Gasteiger partial charge in [-0.3, -0.25) is 9.59 Å².